The number of nitrogens with two attached hydrogens (primary N) is 1. The van der Waals surface area contributed by atoms with Crippen LogP contribution >= 0.6 is 0 Å². The molecule has 60 valence electrons. The summed E-state index contributed by atoms with van der Waals surface area (Å²) in [5.74, 6) is 0.557. The first-order valence-corrected chi connectivity index (χ1v) is 3.11. The van der Waals surface area contributed by atoms with E-state index in [9.17, 15) is 0 Å². The molecule has 0 bridgehead atoms. The van der Waals surface area contributed by atoms with Crippen LogP contribution in [-0.2, 0) is 0 Å². The Hall–Kier alpha value is -1.42. The number of nitrogens with one attached hydrogen (secondary N) is 1. The smallest absolute Gasteiger partial charge is 0.144 e. The minimum Gasteiger partial charge on any atom is -0.495 e. The minimum absolute atomic E-state index is 0.465. The van der Waals surface area contributed by atoms with Gasteiger partial charge in [-0.3, -0.25) is 10.7 Å². The second kappa shape index (κ2) is 3.12. The predicted octanol–water partition coefficient (Wildman–Crippen LogP) is 1.08. The molecule has 0 saturated heterocycles. The highest BCUT2D eigenvalue weighted by Gasteiger charge is 1.99. The van der Waals surface area contributed by atoms with Crippen LogP contribution in [0.5, 0.6) is 5.75 Å². The maximum atomic E-state index is 8.59. The molecular weight excluding hydrogens is 144 g/mol. The fourth-order valence-electron chi connectivity index (χ4n) is 0.813. The van der Waals surface area contributed by atoms with Gasteiger partial charge in [-0.25, -0.2) is 0 Å². The highest BCUT2D eigenvalue weighted by Crippen LogP contribution is 2.25. The third kappa shape index (κ3) is 1.53. The zero-order valence-corrected chi connectivity index (χ0v) is 6.16. The van der Waals surface area contributed by atoms with Gasteiger partial charge in [0.2, 0.25) is 0 Å². The molecule has 1 aromatic carbocycles. The fraction of sp³-hybridized carbons (Fsp3) is 0.143. The molecule has 1 aromatic rings. The molecule has 0 aliphatic heterocycles. The van der Waals surface area contributed by atoms with E-state index in [2.05, 4.69) is 0 Å². The molecule has 11 heavy (non-hydrogen) atoms. The molecule has 0 radical (unpaired) electrons. The van der Waals surface area contributed by atoms with Crippen LogP contribution in [0.2, 0.25) is 0 Å². The van der Waals surface area contributed by atoms with E-state index >= 15 is 0 Å². The average Bonchev–Trinajstić information content (AvgIpc) is 2.04. The van der Waals surface area contributed by atoms with Crippen molar-refractivity contribution in [3.8, 4) is 5.75 Å². The molecule has 0 spiro atoms. The van der Waals surface area contributed by atoms with Gasteiger partial charge in [-0.2, -0.15) is 0 Å². The predicted molar refractivity (Wildman–Crippen MR) is 42.8 cm³/mol. The SMILES string of the molecule is COc1ccc(N)cc1NO. The second-order valence-corrected chi connectivity index (χ2v) is 2.07. The number of hydrogen-bond donors (Lipinski definition) is 3. The lowest BCUT2D eigenvalue weighted by molar-refractivity contribution is 0.373. The van der Waals surface area contributed by atoms with E-state index in [1.54, 1.807) is 18.2 Å². The van der Waals surface area contributed by atoms with Crippen LogP contribution < -0.4 is 16.0 Å². The van der Waals surface area contributed by atoms with Crippen molar-refractivity contribution in [3.63, 3.8) is 0 Å². The molecule has 0 amide bonds. The molecule has 0 aromatic heterocycles. The van der Waals surface area contributed by atoms with E-state index in [4.69, 9.17) is 15.7 Å². The molecule has 1 rings (SSSR count). The second-order valence-electron chi connectivity index (χ2n) is 2.07. The van der Waals surface area contributed by atoms with Gasteiger partial charge in [0.15, 0.2) is 0 Å². The lowest BCUT2D eigenvalue weighted by Gasteiger charge is -2.06. The number of methoxy groups -OCH3 is 1. The highest BCUT2D eigenvalue weighted by molar-refractivity contribution is 5.62. The highest BCUT2D eigenvalue weighted by atomic mass is 16.5. The van der Waals surface area contributed by atoms with Crippen molar-refractivity contribution in [3.05, 3.63) is 18.2 Å². The molecule has 4 nitrogen and oxygen atoms in total. The normalized spacial score (nSPS) is 9.27. The van der Waals surface area contributed by atoms with E-state index in [-0.39, 0.29) is 0 Å². The van der Waals surface area contributed by atoms with Crippen LogP contribution in [0.25, 0.3) is 0 Å². The Morgan fingerprint density at radius 3 is 2.82 bits per heavy atom. The minimum atomic E-state index is 0.465. The average molecular weight is 154 g/mol. The van der Waals surface area contributed by atoms with E-state index in [0.717, 1.165) is 0 Å². The number of rotatable bonds is 2. The number of ether oxygens (including phenoxy) is 1. The summed E-state index contributed by atoms with van der Waals surface area (Å²) in [5, 5.41) is 8.59. The van der Waals surface area contributed by atoms with Gasteiger partial charge in [0.05, 0.1) is 7.11 Å². The number of benzene rings is 1. The number of hydrogen-bond acceptors (Lipinski definition) is 4. The standard InChI is InChI=1S/C7H10N2O2/c1-11-7-3-2-5(8)4-6(7)9-10/h2-4,9-10H,8H2,1H3. The van der Waals surface area contributed by atoms with E-state index in [0.29, 0.717) is 17.1 Å². The van der Waals surface area contributed by atoms with Crippen LogP contribution in [0, 0.1) is 0 Å². The lowest BCUT2D eigenvalue weighted by atomic mass is 10.2. The Morgan fingerprint density at radius 2 is 2.27 bits per heavy atom. The maximum Gasteiger partial charge on any atom is 0.144 e. The first-order valence-electron chi connectivity index (χ1n) is 3.11. The maximum absolute atomic E-state index is 8.59. The lowest BCUT2D eigenvalue weighted by Crippen LogP contribution is -1.95. The summed E-state index contributed by atoms with van der Waals surface area (Å²) in [6, 6.07) is 4.95. The topological polar surface area (TPSA) is 67.5 Å². The van der Waals surface area contributed by atoms with Gasteiger partial charge in [0.1, 0.15) is 11.4 Å². The van der Waals surface area contributed by atoms with E-state index in [1.807, 2.05) is 5.48 Å². The van der Waals surface area contributed by atoms with Gasteiger partial charge in [-0.15, -0.1) is 0 Å². The molecule has 0 unspecified atom stereocenters. The number of nitrogen functional groups attached to an aromatic ring is 1. The summed E-state index contributed by atoms with van der Waals surface area (Å²) in [6.45, 7) is 0. The van der Waals surface area contributed by atoms with E-state index in [1.165, 1.54) is 7.11 Å². The third-order valence-electron chi connectivity index (χ3n) is 1.34. The van der Waals surface area contributed by atoms with Crippen molar-refractivity contribution in [2.24, 2.45) is 0 Å². The quantitative estimate of drug-likeness (QED) is 0.440. The molecule has 0 heterocycles. The molecule has 0 saturated carbocycles. The van der Waals surface area contributed by atoms with Crippen molar-refractivity contribution in [2.75, 3.05) is 18.3 Å². The van der Waals surface area contributed by atoms with Gasteiger partial charge in [0.25, 0.3) is 0 Å². The Bertz CT molecular complexity index is 250. The molecule has 0 atom stereocenters. The Kier molecular flexibility index (Phi) is 2.18. The monoisotopic (exact) mass is 154 g/mol. The van der Waals surface area contributed by atoms with Gasteiger partial charge in [-0.1, -0.05) is 0 Å². The molecule has 0 aliphatic carbocycles. The van der Waals surface area contributed by atoms with Crippen LogP contribution in [0.15, 0.2) is 18.2 Å². The van der Waals surface area contributed by atoms with Crippen LogP contribution in [-0.4, -0.2) is 12.3 Å². The van der Waals surface area contributed by atoms with Crippen LogP contribution in [0.3, 0.4) is 0 Å². The van der Waals surface area contributed by atoms with E-state index < -0.39 is 0 Å². The Labute approximate surface area is 64.5 Å². The molecular formula is C7H10N2O2. The number of anilines is 2. The summed E-state index contributed by atoms with van der Waals surface area (Å²) in [7, 11) is 1.52. The van der Waals surface area contributed by atoms with Crippen molar-refractivity contribution >= 4 is 11.4 Å². The van der Waals surface area contributed by atoms with Gasteiger partial charge in [0, 0.05) is 5.69 Å². The van der Waals surface area contributed by atoms with Crippen molar-refractivity contribution in [2.45, 2.75) is 0 Å². The summed E-state index contributed by atoms with van der Waals surface area (Å²) in [6.07, 6.45) is 0. The summed E-state index contributed by atoms with van der Waals surface area (Å²) in [5.41, 5.74) is 8.47. The van der Waals surface area contributed by atoms with Gasteiger partial charge in [-0.05, 0) is 18.2 Å². The van der Waals surface area contributed by atoms with Gasteiger partial charge < -0.3 is 10.5 Å². The van der Waals surface area contributed by atoms with Crippen molar-refractivity contribution in [1.82, 2.24) is 0 Å². The fourth-order valence-corrected chi connectivity index (χ4v) is 0.813. The zero-order valence-electron chi connectivity index (χ0n) is 6.16. The Morgan fingerprint density at radius 1 is 1.55 bits per heavy atom. The van der Waals surface area contributed by atoms with Crippen molar-refractivity contribution < 1.29 is 9.94 Å². The largest absolute Gasteiger partial charge is 0.495 e. The zero-order chi connectivity index (χ0) is 8.27. The molecule has 0 fully saturated rings. The Balaban J connectivity index is 3.06. The third-order valence-corrected chi connectivity index (χ3v) is 1.34. The summed E-state index contributed by atoms with van der Waals surface area (Å²) < 4.78 is 4.91. The summed E-state index contributed by atoms with van der Waals surface area (Å²) >= 11 is 0. The van der Waals surface area contributed by atoms with Crippen LogP contribution in [0.1, 0.15) is 0 Å². The molecule has 4 N–H and O–H groups in total. The first kappa shape index (κ1) is 7.68. The molecule has 0 aliphatic rings. The van der Waals surface area contributed by atoms with Gasteiger partial charge >= 0.3 is 0 Å². The summed E-state index contributed by atoms with van der Waals surface area (Å²) in [4.78, 5) is 0. The van der Waals surface area contributed by atoms with Crippen LogP contribution in [0.4, 0.5) is 11.4 Å². The molecule has 4 heteroatoms. The van der Waals surface area contributed by atoms with Crippen molar-refractivity contribution in [1.29, 1.82) is 0 Å². The first-order chi connectivity index (χ1) is 5.27.